The van der Waals surface area contributed by atoms with Gasteiger partial charge in [0.1, 0.15) is 0 Å². The monoisotopic (exact) mass is 209 g/mol. The van der Waals surface area contributed by atoms with E-state index < -0.39 is 0 Å². The van der Waals surface area contributed by atoms with E-state index >= 15 is 0 Å². The molecule has 0 aromatic heterocycles. The van der Waals surface area contributed by atoms with E-state index in [0.29, 0.717) is 6.04 Å². The Kier molecular flexibility index (Phi) is 5.72. The normalized spacial score (nSPS) is 12.7. The Labute approximate surface area is 91.1 Å². The zero-order chi connectivity index (χ0) is 10.2. The summed E-state index contributed by atoms with van der Waals surface area (Å²) in [6, 6.07) is 11.0. The van der Waals surface area contributed by atoms with Crippen LogP contribution in [0.3, 0.4) is 0 Å². The van der Waals surface area contributed by atoms with Crippen molar-refractivity contribution in [2.45, 2.75) is 25.8 Å². The molecule has 0 aliphatic rings. The van der Waals surface area contributed by atoms with Crippen molar-refractivity contribution in [3.63, 3.8) is 0 Å². The molecule has 0 heterocycles. The van der Waals surface area contributed by atoms with E-state index in [1.807, 2.05) is 11.8 Å². The molecule has 0 spiro atoms. The molecule has 0 saturated carbocycles. The smallest absolute Gasteiger partial charge is 0.00183 e. The predicted molar refractivity (Wildman–Crippen MR) is 65.7 cm³/mol. The Morgan fingerprint density at radius 1 is 1.21 bits per heavy atom. The highest BCUT2D eigenvalue weighted by atomic mass is 32.2. The molecule has 1 unspecified atom stereocenters. The minimum atomic E-state index is 0.347. The molecular formula is C12H19NS. The number of aryl methyl sites for hydroxylation is 1. The van der Waals surface area contributed by atoms with E-state index in [0.717, 1.165) is 6.42 Å². The van der Waals surface area contributed by atoms with Gasteiger partial charge in [0.25, 0.3) is 0 Å². The first kappa shape index (κ1) is 11.6. The Balaban J connectivity index is 2.05. The molecule has 1 atom stereocenters. The number of hydrogen-bond acceptors (Lipinski definition) is 2. The van der Waals surface area contributed by atoms with Crippen LogP contribution in [-0.2, 0) is 6.42 Å². The van der Waals surface area contributed by atoms with Crippen LogP contribution in [0.25, 0.3) is 0 Å². The second-order valence-corrected chi connectivity index (χ2v) is 4.84. The van der Waals surface area contributed by atoms with Gasteiger partial charge in [-0.05, 0) is 36.8 Å². The van der Waals surface area contributed by atoms with E-state index in [1.54, 1.807) is 0 Å². The molecule has 0 saturated heterocycles. The number of rotatable bonds is 6. The van der Waals surface area contributed by atoms with Crippen molar-refractivity contribution in [2.24, 2.45) is 5.73 Å². The Morgan fingerprint density at radius 3 is 2.57 bits per heavy atom. The van der Waals surface area contributed by atoms with E-state index in [-0.39, 0.29) is 0 Å². The lowest BCUT2D eigenvalue weighted by atomic mass is 10.2. The van der Waals surface area contributed by atoms with Crippen LogP contribution in [-0.4, -0.2) is 17.5 Å². The summed E-state index contributed by atoms with van der Waals surface area (Å²) in [7, 11) is 0. The van der Waals surface area contributed by atoms with Gasteiger partial charge in [-0.1, -0.05) is 30.3 Å². The first-order valence-corrected chi connectivity index (χ1v) is 6.32. The van der Waals surface area contributed by atoms with Gasteiger partial charge >= 0.3 is 0 Å². The molecular weight excluding hydrogens is 190 g/mol. The molecule has 1 nitrogen and oxygen atoms in total. The van der Waals surface area contributed by atoms with Crippen molar-refractivity contribution in [1.82, 2.24) is 0 Å². The first-order chi connectivity index (χ1) is 6.79. The van der Waals surface area contributed by atoms with Gasteiger partial charge in [0.15, 0.2) is 0 Å². The van der Waals surface area contributed by atoms with Crippen molar-refractivity contribution in [1.29, 1.82) is 0 Å². The highest BCUT2D eigenvalue weighted by Crippen LogP contribution is 2.08. The molecule has 2 N–H and O–H groups in total. The van der Waals surface area contributed by atoms with Gasteiger partial charge in [-0.2, -0.15) is 11.8 Å². The largest absolute Gasteiger partial charge is 0.328 e. The first-order valence-electron chi connectivity index (χ1n) is 5.16. The number of hydrogen-bond donors (Lipinski definition) is 1. The van der Waals surface area contributed by atoms with Crippen LogP contribution in [0, 0.1) is 0 Å². The summed E-state index contributed by atoms with van der Waals surface area (Å²) >= 11 is 2.00. The summed E-state index contributed by atoms with van der Waals surface area (Å²) in [4.78, 5) is 0. The second-order valence-electron chi connectivity index (χ2n) is 3.61. The molecule has 1 aromatic rings. The molecule has 1 rings (SSSR count). The second kappa shape index (κ2) is 6.91. The highest BCUT2D eigenvalue weighted by Gasteiger charge is 1.95. The molecule has 14 heavy (non-hydrogen) atoms. The average molecular weight is 209 g/mol. The Hall–Kier alpha value is -0.470. The molecule has 2 heteroatoms. The van der Waals surface area contributed by atoms with Crippen LogP contribution in [0.2, 0.25) is 0 Å². The highest BCUT2D eigenvalue weighted by molar-refractivity contribution is 7.99. The van der Waals surface area contributed by atoms with Gasteiger partial charge in [0.05, 0.1) is 0 Å². The Bertz CT molecular complexity index is 233. The van der Waals surface area contributed by atoms with Crippen LogP contribution in [0.5, 0.6) is 0 Å². The zero-order valence-electron chi connectivity index (χ0n) is 8.78. The van der Waals surface area contributed by atoms with Crippen molar-refractivity contribution >= 4 is 11.8 Å². The van der Waals surface area contributed by atoms with Gasteiger partial charge < -0.3 is 5.73 Å². The third-order valence-electron chi connectivity index (χ3n) is 2.10. The van der Waals surface area contributed by atoms with Crippen molar-refractivity contribution < 1.29 is 0 Å². The molecule has 0 aliphatic carbocycles. The maximum atomic E-state index is 5.67. The Morgan fingerprint density at radius 2 is 1.93 bits per heavy atom. The van der Waals surface area contributed by atoms with Gasteiger partial charge in [-0.3, -0.25) is 0 Å². The van der Waals surface area contributed by atoms with E-state index in [1.165, 1.54) is 23.5 Å². The third kappa shape index (κ3) is 5.30. The summed E-state index contributed by atoms with van der Waals surface area (Å²) in [6.45, 7) is 2.07. The summed E-state index contributed by atoms with van der Waals surface area (Å²) in [5, 5.41) is 0. The van der Waals surface area contributed by atoms with Gasteiger partial charge in [-0.15, -0.1) is 0 Å². The SMILES string of the molecule is CC(N)CCSCCc1ccccc1. The predicted octanol–water partition coefficient (Wildman–Crippen LogP) is 2.70. The quantitative estimate of drug-likeness (QED) is 0.729. The molecule has 1 aromatic carbocycles. The molecule has 0 fully saturated rings. The fourth-order valence-corrected chi connectivity index (χ4v) is 2.33. The van der Waals surface area contributed by atoms with Crippen LogP contribution in [0.1, 0.15) is 18.9 Å². The van der Waals surface area contributed by atoms with Crippen molar-refractivity contribution in [3.8, 4) is 0 Å². The van der Waals surface area contributed by atoms with E-state index in [4.69, 9.17) is 5.73 Å². The lowest BCUT2D eigenvalue weighted by molar-refractivity contribution is 0.721. The standard InChI is InChI=1S/C12H19NS/c1-11(13)7-9-14-10-8-12-5-3-2-4-6-12/h2-6,11H,7-10,13H2,1H3. The molecule has 0 aliphatic heterocycles. The van der Waals surface area contributed by atoms with E-state index in [9.17, 15) is 0 Å². The van der Waals surface area contributed by atoms with Crippen molar-refractivity contribution in [3.05, 3.63) is 35.9 Å². The van der Waals surface area contributed by atoms with Crippen LogP contribution < -0.4 is 5.73 Å². The average Bonchev–Trinajstić information content (AvgIpc) is 2.18. The third-order valence-corrected chi connectivity index (χ3v) is 3.11. The summed E-state index contributed by atoms with van der Waals surface area (Å²) in [5.74, 6) is 2.39. The number of nitrogens with two attached hydrogens (primary N) is 1. The maximum Gasteiger partial charge on any atom is 0.00183 e. The van der Waals surface area contributed by atoms with Crippen LogP contribution in [0.15, 0.2) is 30.3 Å². The number of benzene rings is 1. The summed E-state index contributed by atoms with van der Waals surface area (Å²) in [6.07, 6.45) is 2.30. The topological polar surface area (TPSA) is 26.0 Å². The van der Waals surface area contributed by atoms with E-state index in [2.05, 4.69) is 37.3 Å². The minimum Gasteiger partial charge on any atom is -0.328 e. The van der Waals surface area contributed by atoms with Gasteiger partial charge in [-0.25, -0.2) is 0 Å². The lowest BCUT2D eigenvalue weighted by Crippen LogP contribution is -2.15. The summed E-state index contributed by atoms with van der Waals surface area (Å²) < 4.78 is 0. The molecule has 78 valence electrons. The lowest BCUT2D eigenvalue weighted by Gasteiger charge is -2.04. The molecule has 0 amide bonds. The maximum absolute atomic E-state index is 5.67. The van der Waals surface area contributed by atoms with Crippen LogP contribution >= 0.6 is 11.8 Å². The summed E-state index contributed by atoms with van der Waals surface area (Å²) in [5.41, 5.74) is 7.10. The minimum absolute atomic E-state index is 0.347. The van der Waals surface area contributed by atoms with Gasteiger partial charge in [0.2, 0.25) is 0 Å². The fourth-order valence-electron chi connectivity index (χ4n) is 1.21. The van der Waals surface area contributed by atoms with Crippen molar-refractivity contribution in [2.75, 3.05) is 11.5 Å². The fraction of sp³-hybridized carbons (Fsp3) is 0.500. The molecule has 0 bridgehead atoms. The molecule has 0 radical (unpaired) electrons. The zero-order valence-corrected chi connectivity index (χ0v) is 9.59. The van der Waals surface area contributed by atoms with Crippen LogP contribution in [0.4, 0.5) is 0 Å². The van der Waals surface area contributed by atoms with Gasteiger partial charge in [0, 0.05) is 6.04 Å². The number of thioether (sulfide) groups is 1.